The number of anilines is 1. The molecule has 0 radical (unpaired) electrons. The molecule has 0 aliphatic carbocycles. The molecule has 19 heavy (non-hydrogen) atoms. The summed E-state index contributed by atoms with van der Waals surface area (Å²) in [4.78, 5) is 21.8. The van der Waals surface area contributed by atoms with Gasteiger partial charge in [0.2, 0.25) is 12.2 Å². The molecule has 2 aromatic heterocycles. The number of nitrogens with one attached hydrogen (secondary N) is 1. The van der Waals surface area contributed by atoms with Crippen molar-refractivity contribution in [1.29, 1.82) is 0 Å². The topological polar surface area (TPSA) is 139 Å². The molecule has 5 N–H and O–H groups in total. The van der Waals surface area contributed by atoms with Crippen LogP contribution in [0.15, 0.2) is 23.5 Å². The van der Waals surface area contributed by atoms with Gasteiger partial charge in [-0.3, -0.25) is 14.3 Å². The fourth-order valence-electron chi connectivity index (χ4n) is 1.99. The number of aliphatic hydroxyl groups excluding tert-OH is 2. The first-order chi connectivity index (χ1) is 8.99. The predicted molar refractivity (Wildman–Crippen MR) is 63.8 cm³/mol. The van der Waals surface area contributed by atoms with Gasteiger partial charge < -0.3 is 20.7 Å². The van der Waals surface area contributed by atoms with E-state index in [0.717, 1.165) is 0 Å². The fraction of sp³-hybridized carbons (Fsp3) is 0.300. The van der Waals surface area contributed by atoms with E-state index in [1.807, 2.05) is 0 Å². The lowest BCUT2D eigenvalue weighted by molar-refractivity contribution is -0.0118. The van der Waals surface area contributed by atoms with Crippen molar-refractivity contribution in [2.75, 3.05) is 5.73 Å². The maximum atomic E-state index is 11.6. The van der Waals surface area contributed by atoms with Gasteiger partial charge in [-0.1, -0.05) is 6.58 Å². The minimum absolute atomic E-state index is 0.0390. The highest BCUT2D eigenvalue weighted by molar-refractivity contribution is 5.70. The number of H-pyrrole nitrogens is 1. The van der Waals surface area contributed by atoms with Crippen LogP contribution < -0.4 is 11.3 Å². The summed E-state index contributed by atoms with van der Waals surface area (Å²) in [6.07, 6.45) is -2.11. The maximum absolute atomic E-state index is 11.6. The Hall–Kier alpha value is -2.39. The minimum atomic E-state index is -1.23. The minimum Gasteiger partial charge on any atom is -0.469 e. The highest BCUT2D eigenvalue weighted by Gasteiger charge is 2.40. The Labute approximate surface area is 106 Å². The third-order valence-electron chi connectivity index (χ3n) is 2.94. The van der Waals surface area contributed by atoms with E-state index in [1.54, 1.807) is 0 Å². The Morgan fingerprint density at radius 3 is 2.89 bits per heavy atom. The molecule has 0 unspecified atom stereocenters. The lowest BCUT2D eigenvalue weighted by Crippen LogP contribution is -2.27. The van der Waals surface area contributed by atoms with Gasteiger partial charge in [-0.25, -0.2) is 4.98 Å². The van der Waals surface area contributed by atoms with E-state index in [9.17, 15) is 15.0 Å². The summed E-state index contributed by atoms with van der Waals surface area (Å²) in [5, 5.41) is 19.5. The largest absolute Gasteiger partial charge is 0.469 e. The lowest BCUT2D eigenvalue weighted by atomic mass is 10.2. The van der Waals surface area contributed by atoms with Crippen LogP contribution in [0.3, 0.4) is 0 Å². The third kappa shape index (κ3) is 1.59. The van der Waals surface area contributed by atoms with Crippen molar-refractivity contribution in [3.8, 4) is 0 Å². The summed E-state index contributed by atoms with van der Waals surface area (Å²) in [5.74, 6) is -0.0386. The molecule has 0 spiro atoms. The zero-order chi connectivity index (χ0) is 13.7. The molecule has 0 bridgehead atoms. The van der Waals surface area contributed by atoms with Crippen LogP contribution in [0.4, 0.5) is 5.95 Å². The number of nitrogens with two attached hydrogens (primary N) is 1. The average molecular weight is 265 g/mol. The van der Waals surface area contributed by atoms with Gasteiger partial charge in [-0.05, 0) is 0 Å². The normalized spacial score (nSPS) is 26.8. The highest BCUT2D eigenvalue weighted by atomic mass is 16.5. The van der Waals surface area contributed by atoms with Gasteiger partial charge in [0.1, 0.15) is 24.3 Å². The number of ether oxygens (including phenoxy) is 1. The smallest absolute Gasteiger partial charge is 0.280 e. The van der Waals surface area contributed by atoms with Gasteiger partial charge in [0.15, 0.2) is 11.2 Å². The molecule has 100 valence electrons. The quantitative estimate of drug-likeness (QED) is 0.490. The Kier molecular flexibility index (Phi) is 2.34. The monoisotopic (exact) mass is 265 g/mol. The van der Waals surface area contributed by atoms with Gasteiger partial charge in [0.05, 0.1) is 0 Å². The summed E-state index contributed by atoms with van der Waals surface area (Å²) in [5.41, 5.74) is 5.20. The first-order valence-electron chi connectivity index (χ1n) is 5.43. The Bertz CT molecular complexity index is 720. The van der Waals surface area contributed by atoms with E-state index in [1.165, 1.54) is 10.9 Å². The van der Waals surface area contributed by atoms with Gasteiger partial charge in [0.25, 0.3) is 5.56 Å². The number of fused-ring (bicyclic) bond motifs is 1. The molecular formula is C10H11N5O4. The molecule has 3 atom stereocenters. The van der Waals surface area contributed by atoms with E-state index in [2.05, 4.69) is 21.5 Å². The standard InChI is InChI=1S/C10H11N5O4/c1-3-5(16)6(17)9(19-3)15-2-12-4-7(15)13-10(11)14-8(4)18/h2,5-6,9,16-17H,1H2,(H3,11,13,14,18)/t5-,6-,9-/m1/s1. The van der Waals surface area contributed by atoms with Gasteiger partial charge in [-0.2, -0.15) is 4.98 Å². The second kappa shape index (κ2) is 3.80. The molecule has 1 fully saturated rings. The Morgan fingerprint density at radius 1 is 1.53 bits per heavy atom. The van der Waals surface area contributed by atoms with Crippen molar-refractivity contribution in [3.63, 3.8) is 0 Å². The molecule has 3 heterocycles. The number of imidazole rings is 1. The van der Waals surface area contributed by atoms with Crippen LogP contribution in [-0.2, 0) is 4.74 Å². The second-order valence-electron chi connectivity index (χ2n) is 4.19. The van der Waals surface area contributed by atoms with Gasteiger partial charge in [0, 0.05) is 0 Å². The Balaban J connectivity index is 2.17. The van der Waals surface area contributed by atoms with Crippen molar-refractivity contribution in [2.45, 2.75) is 18.4 Å². The van der Waals surface area contributed by atoms with Crippen molar-refractivity contribution < 1.29 is 14.9 Å². The molecule has 1 aliphatic rings. The maximum Gasteiger partial charge on any atom is 0.280 e. The van der Waals surface area contributed by atoms with Crippen molar-refractivity contribution >= 4 is 17.1 Å². The van der Waals surface area contributed by atoms with E-state index >= 15 is 0 Å². The summed E-state index contributed by atoms with van der Waals surface area (Å²) in [6, 6.07) is 0. The molecule has 1 aliphatic heterocycles. The molecule has 1 saturated heterocycles. The van der Waals surface area contributed by atoms with Crippen molar-refractivity contribution in [1.82, 2.24) is 19.5 Å². The molecule has 3 rings (SSSR count). The predicted octanol–water partition coefficient (Wildman–Crippen LogP) is -1.53. The molecule has 0 aromatic carbocycles. The SMILES string of the molecule is C=C1O[C@@H](n2cnc3c(=O)[nH]c(N)nc32)[C@H](O)[C@@H]1O. The molecule has 0 amide bonds. The Morgan fingerprint density at radius 2 is 2.26 bits per heavy atom. The van der Waals surface area contributed by atoms with Gasteiger partial charge in [-0.15, -0.1) is 0 Å². The number of aliphatic hydroxyl groups is 2. The number of nitrogens with zero attached hydrogens (tertiary/aromatic N) is 3. The van der Waals surface area contributed by atoms with E-state index in [0.29, 0.717) is 0 Å². The molecule has 9 nitrogen and oxygen atoms in total. The molecule has 2 aromatic rings. The summed E-state index contributed by atoms with van der Waals surface area (Å²) in [7, 11) is 0. The fourth-order valence-corrected chi connectivity index (χ4v) is 1.99. The van der Waals surface area contributed by atoms with Crippen LogP contribution in [-0.4, -0.2) is 41.9 Å². The molecule has 9 heteroatoms. The van der Waals surface area contributed by atoms with Crippen LogP contribution in [0.25, 0.3) is 11.2 Å². The number of aromatic nitrogens is 4. The number of aromatic amines is 1. The highest BCUT2D eigenvalue weighted by Crippen LogP contribution is 2.32. The van der Waals surface area contributed by atoms with E-state index in [-0.39, 0.29) is 22.9 Å². The summed E-state index contributed by atoms with van der Waals surface area (Å²) < 4.78 is 6.58. The number of hydrogen-bond donors (Lipinski definition) is 4. The molecule has 0 saturated carbocycles. The van der Waals surface area contributed by atoms with Crippen LogP contribution in [0.2, 0.25) is 0 Å². The zero-order valence-corrected chi connectivity index (χ0v) is 9.65. The first-order valence-corrected chi connectivity index (χ1v) is 5.43. The number of hydrogen-bond acceptors (Lipinski definition) is 7. The number of rotatable bonds is 1. The first kappa shape index (κ1) is 11.7. The lowest BCUT2D eigenvalue weighted by Gasteiger charge is -2.15. The van der Waals surface area contributed by atoms with Crippen LogP contribution in [0.1, 0.15) is 6.23 Å². The number of nitrogen functional groups attached to an aromatic ring is 1. The van der Waals surface area contributed by atoms with Crippen LogP contribution in [0.5, 0.6) is 0 Å². The van der Waals surface area contributed by atoms with Gasteiger partial charge >= 0.3 is 0 Å². The summed E-state index contributed by atoms with van der Waals surface area (Å²) in [6.45, 7) is 3.48. The second-order valence-corrected chi connectivity index (χ2v) is 4.19. The average Bonchev–Trinajstić information content (AvgIpc) is 2.86. The molecular weight excluding hydrogens is 254 g/mol. The van der Waals surface area contributed by atoms with Crippen molar-refractivity contribution in [3.05, 3.63) is 29.0 Å². The van der Waals surface area contributed by atoms with Crippen LogP contribution in [0, 0.1) is 0 Å². The van der Waals surface area contributed by atoms with Crippen molar-refractivity contribution in [2.24, 2.45) is 0 Å². The summed E-state index contributed by atoms with van der Waals surface area (Å²) >= 11 is 0. The van der Waals surface area contributed by atoms with E-state index < -0.39 is 24.0 Å². The van der Waals surface area contributed by atoms with E-state index in [4.69, 9.17) is 10.5 Å². The third-order valence-corrected chi connectivity index (χ3v) is 2.94. The van der Waals surface area contributed by atoms with Crippen LogP contribution >= 0.6 is 0 Å². The zero-order valence-electron chi connectivity index (χ0n) is 9.65.